The van der Waals surface area contributed by atoms with Gasteiger partial charge in [0.25, 0.3) is 5.91 Å². The van der Waals surface area contributed by atoms with Crippen LogP contribution >= 0.6 is 27.7 Å². The Morgan fingerprint density at radius 3 is 2.50 bits per heavy atom. The van der Waals surface area contributed by atoms with Crippen molar-refractivity contribution in [2.45, 2.75) is 37.7 Å². The predicted octanol–water partition coefficient (Wildman–Crippen LogP) is 6.89. The van der Waals surface area contributed by atoms with Crippen molar-refractivity contribution in [3.8, 4) is 5.75 Å². The number of hydrogen-bond acceptors (Lipinski definition) is 6. The van der Waals surface area contributed by atoms with Crippen LogP contribution in [-0.4, -0.2) is 27.8 Å². The van der Waals surface area contributed by atoms with Crippen LogP contribution in [0.15, 0.2) is 87.6 Å². The Morgan fingerprint density at radius 2 is 1.82 bits per heavy atom. The van der Waals surface area contributed by atoms with E-state index in [1.165, 1.54) is 16.7 Å². The number of aryl methyl sites for hydroxylation is 2. The minimum absolute atomic E-state index is 0.210. The van der Waals surface area contributed by atoms with Crippen molar-refractivity contribution in [3.05, 3.63) is 105 Å². The summed E-state index contributed by atoms with van der Waals surface area (Å²) in [6.45, 7) is 6.12. The Morgan fingerprint density at radius 1 is 1.08 bits per heavy atom. The molecule has 0 aliphatic carbocycles. The summed E-state index contributed by atoms with van der Waals surface area (Å²) in [5.74, 6) is 1.89. The van der Waals surface area contributed by atoms with E-state index in [9.17, 15) is 4.79 Å². The smallest absolute Gasteiger partial charge is 0.255 e. The molecule has 2 N–H and O–H groups in total. The molecule has 0 bridgehead atoms. The molecule has 38 heavy (non-hydrogen) atoms. The van der Waals surface area contributed by atoms with Gasteiger partial charge < -0.3 is 15.4 Å². The average molecular weight is 591 g/mol. The third-order valence-corrected chi connectivity index (χ3v) is 7.88. The summed E-state index contributed by atoms with van der Waals surface area (Å²) in [6.07, 6.45) is 0. The lowest BCUT2D eigenvalue weighted by molar-refractivity contribution is -0.113. The van der Waals surface area contributed by atoms with Gasteiger partial charge in [-0.05, 0) is 73.9 Å². The fraction of sp³-hybridized carbons (Fsp3) is 0.207. The minimum atomic E-state index is -0.444. The molecule has 0 unspecified atom stereocenters. The number of ether oxygens (including phenoxy) is 1. The van der Waals surface area contributed by atoms with Gasteiger partial charge in [0.15, 0.2) is 0 Å². The molecular formula is C29H28BrN5O2S. The van der Waals surface area contributed by atoms with E-state index in [2.05, 4.69) is 58.6 Å². The number of carbonyl (C=O) groups excluding carboxylic acids is 1. The lowest BCUT2D eigenvalue weighted by Crippen LogP contribution is -2.31. The summed E-state index contributed by atoms with van der Waals surface area (Å²) >= 11 is 5.10. The molecule has 0 radical (unpaired) electrons. The number of nitrogens with zero attached hydrogens (tertiary/aromatic N) is 3. The number of carbonyl (C=O) groups is 1. The highest BCUT2D eigenvalue weighted by Crippen LogP contribution is 2.37. The molecule has 0 fully saturated rings. The van der Waals surface area contributed by atoms with E-state index in [-0.39, 0.29) is 5.91 Å². The Hall–Kier alpha value is -3.56. The lowest BCUT2D eigenvalue weighted by Gasteiger charge is -2.28. The third-order valence-electron chi connectivity index (χ3n) is 6.47. The van der Waals surface area contributed by atoms with Crippen LogP contribution < -0.4 is 15.4 Å². The Labute approximate surface area is 234 Å². The van der Waals surface area contributed by atoms with Crippen LogP contribution in [0.5, 0.6) is 5.75 Å². The number of benzene rings is 3. The molecule has 1 atom stereocenters. The molecule has 1 aromatic heterocycles. The molecule has 3 aromatic carbocycles. The van der Waals surface area contributed by atoms with Gasteiger partial charge in [-0.15, -0.1) is 5.10 Å². The zero-order chi connectivity index (χ0) is 26.8. The zero-order valence-corrected chi connectivity index (χ0v) is 24.0. The molecule has 1 amide bonds. The Bertz CT molecular complexity index is 1510. The van der Waals surface area contributed by atoms with Crippen LogP contribution in [0, 0.1) is 13.8 Å². The van der Waals surface area contributed by atoms with E-state index in [1.54, 1.807) is 18.9 Å². The maximum atomic E-state index is 13.7. The number of nitrogens with one attached hydrogen (secondary N) is 2. The number of aromatic nitrogens is 3. The number of methoxy groups -OCH3 is 1. The van der Waals surface area contributed by atoms with Crippen molar-refractivity contribution in [1.29, 1.82) is 0 Å². The van der Waals surface area contributed by atoms with Gasteiger partial charge >= 0.3 is 0 Å². The van der Waals surface area contributed by atoms with E-state index in [0.717, 1.165) is 27.2 Å². The maximum Gasteiger partial charge on any atom is 0.255 e. The van der Waals surface area contributed by atoms with Crippen molar-refractivity contribution in [1.82, 2.24) is 14.8 Å². The highest BCUT2D eigenvalue weighted by Gasteiger charge is 2.34. The second-order valence-corrected chi connectivity index (χ2v) is 11.0. The number of rotatable bonds is 7. The number of anilines is 2. The van der Waals surface area contributed by atoms with E-state index >= 15 is 0 Å². The highest BCUT2D eigenvalue weighted by atomic mass is 79.9. The standard InChI is InChI=1S/C29H28BrN5O2S/c1-17-5-6-21(18(2)15-17)16-38-29-33-28-31-19(3)25(27(36)32-23-11-13-24(37-4)14-12-23)26(35(28)34-29)20-7-9-22(30)10-8-20/h5-15,26H,16H2,1-4H3,(H,32,36)(H,31,33,34)/t26-/m0/s1. The third kappa shape index (κ3) is 5.49. The first-order valence-corrected chi connectivity index (χ1v) is 13.9. The number of hydrogen-bond donors (Lipinski definition) is 2. The molecule has 0 spiro atoms. The van der Waals surface area contributed by atoms with Gasteiger partial charge in [0.1, 0.15) is 11.8 Å². The first-order chi connectivity index (χ1) is 18.3. The van der Waals surface area contributed by atoms with E-state index in [4.69, 9.17) is 14.8 Å². The van der Waals surface area contributed by atoms with E-state index < -0.39 is 6.04 Å². The molecule has 1 aliphatic rings. The highest BCUT2D eigenvalue weighted by molar-refractivity contribution is 9.10. The van der Waals surface area contributed by atoms with Crippen LogP contribution in [0.3, 0.4) is 0 Å². The summed E-state index contributed by atoms with van der Waals surface area (Å²) in [4.78, 5) is 18.4. The molecule has 4 aromatic rings. The lowest BCUT2D eigenvalue weighted by atomic mass is 9.95. The summed E-state index contributed by atoms with van der Waals surface area (Å²) in [5, 5.41) is 11.8. The van der Waals surface area contributed by atoms with Gasteiger partial charge in [0, 0.05) is 21.6 Å². The topological polar surface area (TPSA) is 81.1 Å². The SMILES string of the molecule is COc1ccc(NC(=O)C2=C(C)Nc3nc(SCc4ccc(C)cc4C)nn3[C@H]2c2ccc(Br)cc2)cc1. The van der Waals surface area contributed by atoms with Crippen molar-refractivity contribution in [3.63, 3.8) is 0 Å². The van der Waals surface area contributed by atoms with Gasteiger partial charge in [0.2, 0.25) is 11.1 Å². The summed E-state index contributed by atoms with van der Waals surface area (Å²) in [5.41, 5.74) is 6.67. The molecule has 0 saturated heterocycles. The molecule has 1 aliphatic heterocycles. The van der Waals surface area contributed by atoms with Crippen LogP contribution in [0.1, 0.15) is 35.2 Å². The van der Waals surface area contributed by atoms with Gasteiger partial charge in [-0.1, -0.05) is 63.6 Å². The number of halogens is 1. The Balaban J connectivity index is 1.46. The number of fused-ring (bicyclic) bond motifs is 1. The van der Waals surface area contributed by atoms with Crippen molar-refractivity contribution in [2.24, 2.45) is 0 Å². The normalized spacial score (nSPS) is 14.6. The zero-order valence-electron chi connectivity index (χ0n) is 21.6. The molecule has 0 saturated carbocycles. The molecule has 5 rings (SSSR count). The monoisotopic (exact) mass is 589 g/mol. The van der Waals surface area contributed by atoms with Crippen LogP contribution in [0.2, 0.25) is 0 Å². The maximum absolute atomic E-state index is 13.7. The average Bonchev–Trinajstić information content (AvgIpc) is 3.30. The van der Waals surface area contributed by atoms with Crippen LogP contribution in [0.4, 0.5) is 11.6 Å². The predicted molar refractivity (Wildman–Crippen MR) is 156 cm³/mol. The van der Waals surface area contributed by atoms with Crippen LogP contribution in [0.25, 0.3) is 0 Å². The molecular weight excluding hydrogens is 562 g/mol. The minimum Gasteiger partial charge on any atom is -0.497 e. The van der Waals surface area contributed by atoms with E-state index in [1.807, 2.05) is 60.1 Å². The summed E-state index contributed by atoms with van der Waals surface area (Å²) < 4.78 is 8.01. The summed E-state index contributed by atoms with van der Waals surface area (Å²) in [7, 11) is 1.61. The fourth-order valence-corrected chi connectivity index (χ4v) is 5.63. The van der Waals surface area contributed by atoms with Crippen LogP contribution in [-0.2, 0) is 10.5 Å². The number of allylic oxidation sites excluding steroid dienone is 1. The summed E-state index contributed by atoms with van der Waals surface area (Å²) in [6, 6.07) is 21.2. The first-order valence-electron chi connectivity index (χ1n) is 12.2. The van der Waals surface area contributed by atoms with Gasteiger partial charge in [-0.3, -0.25) is 4.79 Å². The van der Waals surface area contributed by atoms with E-state index in [0.29, 0.717) is 22.4 Å². The molecule has 7 nitrogen and oxygen atoms in total. The Kier molecular flexibility index (Phi) is 7.58. The van der Waals surface area contributed by atoms with Gasteiger partial charge in [-0.25, -0.2) is 4.68 Å². The first kappa shape index (κ1) is 26.1. The van der Waals surface area contributed by atoms with Gasteiger partial charge in [-0.2, -0.15) is 4.98 Å². The second-order valence-electron chi connectivity index (χ2n) is 9.18. The molecule has 194 valence electrons. The molecule has 9 heteroatoms. The fourth-order valence-electron chi connectivity index (χ4n) is 4.46. The largest absolute Gasteiger partial charge is 0.497 e. The van der Waals surface area contributed by atoms with Gasteiger partial charge in [0.05, 0.1) is 12.7 Å². The number of amides is 1. The quantitative estimate of drug-likeness (QED) is 0.228. The van der Waals surface area contributed by atoms with Crippen molar-refractivity contribution in [2.75, 3.05) is 17.7 Å². The number of thioether (sulfide) groups is 1. The second kappa shape index (κ2) is 11.0. The molecule has 2 heterocycles. The van der Waals surface area contributed by atoms with Crippen molar-refractivity contribution < 1.29 is 9.53 Å². The van der Waals surface area contributed by atoms with Crippen molar-refractivity contribution >= 4 is 45.2 Å².